The molecule has 1 aliphatic rings. The molecular weight excluding hydrogens is 224 g/mol. The second kappa shape index (κ2) is 5.19. The van der Waals surface area contributed by atoms with Gasteiger partial charge in [-0.2, -0.15) is 0 Å². The molecule has 0 aromatic heterocycles. The molecule has 0 spiro atoms. The van der Waals surface area contributed by atoms with E-state index in [-0.39, 0.29) is 12.1 Å². The fraction of sp³-hybridized carbons (Fsp3) is 0.600. The minimum Gasteiger partial charge on any atom is -0.397 e. The van der Waals surface area contributed by atoms with E-state index in [1.165, 1.54) is 12.8 Å². The standard InChI is InChI=1S/C15H24N2O/c1-11-6-8-15(10-18,9-7-11)17-13-5-3-4-12(2)14(13)16/h3-5,11,17-18H,6-10,16H2,1-2H3. The van der Waals surface area contributed by atoms with Crippen LogP contribution in [0.2, 0.25) is 0 Å². The molecule has 1 saturated carbocycles. The van der Waals surface area contributed by atoms with Crippen LogP contribution in [0.15, 0.2) is 18.2 Å². The fourth-order valence-electron chi connectivity index (χ4n) is 2.71. The van der Waals surface area contributed by atoms with Crippen LogP contribution in [0.25, 0.3) is 0 Å². The number of benzene rings is 1. The lowest BCUT2D eigenvalue weighted by Gasteiger charge is -2.40. The fourth-order valence-corrected chi connectivity index (χ4v) is 2.71. The molecule has 100 valence electrons. The molecule has 4 N–H and O–H groups in total. The van der Waals surface area contributed by atoms with Crippen molar-refractivity contribution in [2.45, 2.75) is 45.1 Å². The Balaban J connectivity index is 2.17. The Morgan fingerprint density at radius 2 is 2.06 bits per heavy atom. The van der Waals surface area contributed by atoms with Gasteiger partial charge in [0.05, 0.1) is 23.5 Å². The van der Waals surface area contributed by atoms with Crippen molar-refractivity contribution >= 4 is 11.4 Å². The van der Waals surface area contributed by atoms with Gasteiger partial charge in [0, 0.05) is 0 Å². The molecule has 0 amide bonds. The molecule has 0 heterocycles. The Labute approximate surface area is 109 Å². The number of hydrogen-bond acceptors (Lipinski definition) is 3. The molecule has 2 rings (SSSR count). The first-order chi connectivity index (χ1) is 8.56. The first-order valence-corrected chi connectivity index (χ1v) is 6.80. The number of aliphatic hydroxyl groups is 1. The third-order valence-corrected chi connectivity index (χ3v) is 4.26. The topological polar surface area (TPSA) is 58.3 Å². The van der Waals surface area contributed by atoms with E-state index in [4.69, 9.17) is 5.73 Å². The Morgan fingerprint density at radius 1 is 1.39 bits per heavy atom. The van der Waals surface area contributed by atoms with Gasteiger partial charge >= 0.3 is 0 Å². The highest BCUT2D eigenvalue weighted by molar-refractivity contribution is 5.70. The Kier molecular flexibility index (Phi) is 3.81. The van der Waals surface area contributed by atoms with E-state index < -0.39 is 0 Å². The SMILES string of the molecule is Cc1cccc(NC2(CO)CCC(C)CC2)c1N. The summed E-state index contributed by atoms with van der Waals surface area (Å²) >= 11 is 0. The first kappa shape index (κ1) is 13.2. The maximum absolute atomic E-state index is 9.75. The smallest absolute Gasteiger partial charge is 0.0661 e. The summed E-state index contributed by atoms with van der Waals surface area (Å²) < 4.78 is 0. The third-order valence-electron chi connectivity index (χ3n) is 4.26. The van der Waals surface area contributed by atoms with Crippen LogP contribution in [0.4, 0.5) is 11.4 Å². The van der Waals surface area contributed by atoms with Gasteiger partial charge in [-0.3, -0.25) is 0 Å². The average Bonchev–Trinajstić information content (AvgIpc) is 2.38. The maximum atomic E-state index is 9.75. The van der Waals surface area contributed by atoms with E-state index in [2.05, 4.69) is 12.2 Å². The summed E-state index contributed by atoms with van der Waals surface area (Å²) in [5, 5.41) is 13.2. The minimum absolute atomic E-state index is 0.174. The minimum atomic E-state index is -0.186. The highest BCUT2D eigenvalue weighted by Gasteiger charge is 2.33. The van der Waals surface area contributed by atoms with Crippen LogP contribution in [0.1, 0.15) is 38.2 Å². The molecule has 0 bridgehead atoms. The van der Waals surface area contributed by atoms with Crippen molar-refractivity contribution in [3.8, 4) is 0 Å². The molecule has 1 aliphatic carbocycles. The summed E-state index contributed by atoms with van der Waals surface area (Å²) in [5.41, 5.74) is 8.74. The number of nitrogens with one attached hydrogen (secondary N) is 1. The van der Waals surface area contributed by atoms with Gasteiger partial charge in [0.1, 0.15) is 0 Å². The van der Waals surface area contributed by atoms with Gasteiger partial charge in [-0.15, -0.1) is 0 Å². The Hall–Kier alpha value is -1.22. The van der Waals surface area contributed by atoms with Crippen LogP contribution in [0.3, 0.4) is 0 Å². The van der Waals surface area contributed by atoms with Gasteiger partial charge in [0.2, 0.25) is 0 Å². The van der Waals surface area contributed by atoms with E-state index in [1.54, 1.807) is 0 Å². The summed E-state index contributed by atoms with van der Waals surface area (Å²) in [4.78, 5) is 0. The number of hydrogen-bond donors (Lipinski definition) is 3. The number of aliphatic hydroxyl groups excluding tert-OH is 1. The lowest BCUT2D eigenvalue weighted by atomic mass is 9.77. The van der Waals surface area contributed by atoms with Crippen molar-refractivity contribution in [2.75, 3.05) is 17.7 Å². The van der Waals surface area contributed by atoms with Gasteiger partial charge in [0.15, 0.2) is 0 Å². The van der Waals surface area contributed by atoms with E-state index in [1.807, 2.05) is 25.1 Å². The van der Waals surface area contributed by atoms with Crippen molar-refractivity contribution in [1.82, 2.24) is 0 Å². The molecule has 3 heteroatoms. The van der Waals surface area contributed by atoms with Crippen LogP contribution < -0.4 is 11.1 Å². The van der Waals surface area contributed by atoms with Crippen molar-refractivity contribution in [2.24, 2.45) is 5.92 Å². The quantitative estimate of drug-likeness (QED) is 0.721. The summed E-state index contributed by atoms with van der Waals surface area (Å²) in [5.74, 6) is 0.765. The normalized spacial score (nSPS) is 28.1. The van der Waals surface area contributed by atoms with Gasteiger partial charge in [-0.1, -0.05) is 19.1 Å². The van der Waals surface area contributed by atoms with Crippen molar-refractivity contribution in [3.63, 3.8) is 0 Å². The highest BCUT2D eigenvalue weighted by Crippen LogP contribution is 2.36. The lowest BCUT2D eigenvalue weighted by molar-refractivity contribution is 0.155. The Morgan fingerprint density at radius 3 is 2.67 bits per heavy atom. The molecule has 0 aliphatic heterocycles. The van der Waals surface area contributed by atoms with Crippen LogP contribution in [0.5, 0.6) is 0 Å². The number of nitrogen functional groups attached to an aromatic ring is 1. The van der Waals surface area contributed by atoms with Crippen LogP contribution in [-0.2, 0) is 0 Å². The highest BCUT2D eigenvalue weighted by atomic mass is 16.3. The second-order valence-electron chi connectivity index (χ2n) is 5.78. The van der Waals surface area contributed by atoms with Crippen molar-refractivity contribution < 1.29 is 5.11 Å². The molecule has 18 heavy (non-hydrogen) atoms. The number of para-hydroxylation sites is 1. The van der Waals surface area contributed by atoms with Crippen LogP contribution in [-0.4, -0.2) is 17.3 Å². The van der Waals surface area contributed by atoms with Crippen molar-refractivity contribution in [1.29, 1.82) is 0 Å². The largest absolute Gasteiger partial charge is 0.397 e. The number of aryl methyl sites for hydroxylation is 1. The molecule has 0 saturated heterocycles. The predicted octanol–water partition coefficient (Wildman–Crippen LogP) is 2.93. The Bertz CT molecular complexity index is 409. The monoisotopic (exact) mass is 248 g/mol. The molecule has 0 radical (unpaired) electrons. The van der Waals surface area contributed by atoms with E-state index >= 15 is 0 Å². The third kappa shape index (κ3) is 2.61. The van der Waals surface area contributed by atoms with Gasteiger partial charge in [0.25, 0.3) is 0 Å². The number of rotatable bonds is 3. The zero-order valence-corrected chi connectivity index (χ0v) is 11.4. The summed E-state index contributed by atoms with van der Waals surface area (Å²) in [6.07, 6.45) is 4.36. The molecule has 1 fully saturated rings. The first-order valence-electron chi connectivity index (χ1n) is 6.80. The predicted molar refractivity (Wildman–Crippen MR) is 76.7 cm³/mol. The zero-order valence-electron chi connectivity index (χ0n) is 11.4. The number of anilines is 2. The second-order valence-corrected chi connectivity index (χ2v) is 5.78. The summed E-state index contributed by atoms with van der Waals surface area (Å²) in [7, 11) is 0. The van der Waals surface area contributed by atoms with Gasteiger partial charge < -0.3 is 16.2 Å². The van der Waals surface area contributed by atoms with Gasteiger partial charge in [-0.25, -0.2) is 0 Å². The zero-order chi connectivity index (χ0) is 13.2. The number of nitrogens with two attached hydrogens (primary N) is 1. The summed E-state index contributed by atoms with van der Waals surface area (Å²) in [6, 6.07) is 6.01. The molecule has 0 unspecified atom stereocenters. The van der Waals surface area contributed by atoms with E-state index in [0.717, 1.165) is 35.7 Å². The van der Waals surface area contributed by atoms with Crippen LogP contribution in [0, 0.1) is 12.8 Å². The average molecular weight is 248 g/mol. The van der Waals surface area contributed by atoms with Crippen molar-refractivity contribution in [3.05, 3.63) is 23.8 Å². The molecule has 1 aromatic rings. The van der Waals surface area contributed by atoms with Gasteiger partial charge in [-0.05, 0) is 50.2 Å². The van der Waals surface area contributed by atoms with Crippen LogP contribution >= 0.6 is 0 Å². The summed E-state index contributed by atoms with van der Waals surface area (Å²) in [6.45, 7) is 4.46. The molecule has 0 atom stereocenters. The van der Waals surface area contributed by atoms with E-state index in [0.29, 0.717) is 0 Å². The molecule has 3 nitrogen and oxygen atoms in total. The van der Waals surface area contributed by atoms with E-state index in [9.17, 15) is 5.11 Å². The molecular formula is C15H24N2O. The maximum Gasteiger partial charge on any atom is 0.0661 e. The lowest BCUT2D eigenvalue weighted by Crippen LogP contribution is -2.45. The molecule has 1 aromatic carbocycles.